The van der Waals surface area contributed by atoms with Gasteiger partial charge in [0.25, 0.3) is 5.91 Å². The Morgan fingerprint density at radius 1 is 1.41 bits per heavy atom. The SMILES string of the molecule is NC1=NC(=O)C(CC(=O)NCc2cccc(C(F)(F)F)c2)S1. The third kappa shape index (κ3) is 4.23. The molecule has 1 aromatic carbocycles. The lowest BCUT2D eigenvalue weighted by Crippen LogP contribution is -2.28. The van der Waals surface area contributed by atoms with Gasteiger partial charge in [0.15, 0.2) is 5.17 Å². The quantitative estimate of drug-likeness (QED) is 0.879. The Bertz CT molecular complexity index is 631. The minimum atomic E-state index is -4.43. The average molecular weight is 331 g/mol. The second-order valence-electron chi connectivity index (χ2n) is 4.57. The number of hydrogen-bond donors (Lipinski definition) is 2. The molecule has 118 valence electrons. The molecule has 0 aromatic heterocycles. The first-order valence-electron chi connectivity index (χ1n) is 6.23. The van der Waals surface area contributed by atoms with E-state index >= 15 is 0 Å². The van der Waals surface area contributed by atoms with Crippen LogP contribution in [-0.2, 0) is 22.3 Å². The lowest BCUT2D eigenvalue weighted by Gasteiger charge is -2.10. The number of nitrogens with zero attached hydrogens (tertiary/aromatic N) is 1. The van der Waals surface area contributed by atoms with Crippen molar-refractivity contribution in [2.45, 2.75) is 24.4 Å². The molecule has 22 heavy (non-hydrogen) atoms. The molecule has 2 amide bonds. The highest BCUT2D eigenvalue weighted by atomic mass is 32.2. The highest BCUT2D eigenvalue weighted by molar-refractivity contribution is 8.15. The van der Waals surface area contributed by atoms with Crippen LogP contribution < -0.4 is 11.1 Å². The zero-order valence-electron chi connectivity index (χ0n) is 11.2. The minimum Gasteiger partial charge on any atom is -0.378 e. The van der Waals surface area contributed by atoms with Gasteiger partial charge in [-0.2, -0.15) is 18.2 Å². The van der Waals surface area contributed by atoms with Crippen LogP contribution in [0.15, 0.2) is 29.3 Å². The maximum Gasteiger partial charge on any atom is 0.416 e. The number of amidine groups is 1. The number of alkyl halides is 3. The fraction of sp³-hybridized carbons (Fsp3) is 0.308. The van der Waals surface area contributed by atoms with Gasteiger partial charge in [-0.15, -0.1) is 0 Å². The van der Waals surface area contributed by atoms with Crippen molar-refractivity contribution in [2.75, 3.05) is 0 Å². The molecule has 0 saturated carbocycles. The lowest BCUT2D eigenvalue weighted by molar-refractivity contribution is -0.137. The van der Waals surface area contributed by atoms with Gasteiger partial charge >= 0.3 is 6.18 Å². The monoisotopic (exact) mass is 331 g/mol. The van der Waals surface area contributed by atoms with Crippen molar-refractivity contribution >= 4 is 28.7 Å². The first-order valence-corrected chi connectivity index (χ1v) is 7.11. The van der Waals surface area contributed by atoms with Crippen molar-refractivity contribution in [3.8, 4) is 0 Å². The number of rotatable bonds is 4. The zero-order valence-corrected chi connectivity index (χ0v) is 12.0. The maximum absolute atomic E-state index is 12.6. The summed E-state index contributed by atoms with van der Waals surface area (Å²) in [6, 6.07) is 4.68. The van der Waals surface area contributed by atoms with Crippen LogP contribution >= 0.6 is 11.8 Å². The van der Waals surface area contributed by atoms with Crippen LogP contribution in [0.3, 0.4) is 0 Å². The van der Waals surface area contributed by atoms with E-state index in [1.807, 2.05) is 0 Å². The van der Waals surface area contributed by atoms with E-state index < -0.39 is 28.8 Å². The second kappa shape index (κ2) is 6.39. The summed E-state index contributed by atoms with van der Waals surface area (Å²) in [5.74, 6) is -0.926. The van der Waals surface area contributed by atoms with Gasteiger partial charge in [0, 0.05) is 13.0 Å². The third-order valence-corrected chi connectivity index (χ3v) is 3.86. The number of carbonyl (C=O) groups is 2. The Hall–Kier alpha value is -2.03. The van der Waals surface area contributed by atoms with Crippen molar-refractivity contribution in [2.24, 2.45) is 10.7 Å². The highest BCUT2D eigenvalue weighted by Gasteiger charge is 2.31. The molecule has 0 radical (unpaired) electrons. The van der Waals surface area contributed by atoms with E-state index in [0.717, 1.165) is 23.9 Å². The molecule has 1 aliphatic heterocycles. The van der Waals surface area contributed by atoms with Crippen molar-refractivity contribution in [1.29, 1.82) is 0 Å². The molecule has 2 rings (SSSR count). The molecule has 1 heterocycles. The normalized spacial score (nSPS) is 18.2. The molecule has 0 spiro atoms. The lowest BCUT2D eigenvalue weighted by atomic mass is 10.1. The first-order chi connectivity index (χ1) is 10.3. The fourth-order valence-corrected chi connectivity index (χ4v) is 2.65. The fourth-order valence-electron chi connectivity index (χ4n) is 1.83. The summed E-state index contributed by atoms with van der Waals surface area (Å²) in [4.78, 5) is 26.6. The molecule has 1 aliphatic rings. The molecule has 5 nitrogen and oxygen atoms in total. The van der Waals surface area contributed by atoms with Gasteiger partial charge in [-0.1, -0.05) is 23.9 Å². The third-order valence-electron chi connectivity index (χ3n) is 2.87. The van der Waals surface area contributed by atoms with Crippen molar-refractivity contribution in [3.05, 3.63) is 35.4 Å². The van der Waals surface area contributed by atoms with Crippen LogP contribution in [0.25, 0.3) is 0 Å². The Morgan fingerprint density at radius 2 is 2.14 bits per heavy atom. The minimum absolute atomic E-state index is 0.0509. The van der Waals surface area contributed by atoms with Crippen LogP contribution in [0, 0.1) is 0 Å². The molecule has 1 unspecified atom stereocenters. The van der Waals surface area contributed by atoms with E-state index in [0.29, 0.717) is 5.56 Å². The smallest absolute Gasteiger partial charge is 0.378 e. The summed E-state index contributed by atoms with van der Waals surface area (Å²) in [7, 11) is 0. The second-order valence-corrected chi connectivity index (χ2v) is 5.80. The average Bonchev–Trinajstić information content (AvgIpc) is 2.74. The topological polar surface area (TPSA) is 84.5 Å². The molecule has 0 saturated heterocycles. The molecule has 1 aromatic rings. The van der Waals surface area contributed by atoms with Gasteiger partial charge in [-0.05, 0) is 17.7 Å². The number of halogens is 3. The van der Waals surface area contributed by atoms with E-state index in [9.17, 15) is 22.8 Å². The molecule has 0 fully saturated rings. The predicted molar refractivity (Wildman–Crippen MR) is 75.9 cm³/mol. The number of carbonyl (C=O) groups excluding carboxylic acids is 2. The molecule has 1 atom stereocenters. The van der Waals surface area contributed by atoms with E-state index in [1.54, 1.807) is 0 Å². The largest absolute Gasteiger partial charge is 0.416 e. The van der Waals surface area contributed by atoms with Crippen molar-refractivity contribution < 1.29 is 22.8 Å². The van der Waals surface area contributed by atoms with Gasteiger partial charge < -0.3 is 11.1 Å². The summed E-state index contributed by atoms with van der Waals surface area (Å²) in [6.45, 7) is -0.0509. The zero-order chi connectivity index (χ0) is 16.3. The maximum atomic E-state index is 12.6. The van der Waals surface area contributed by atoms with Gasteiger partial charge in [0.05, 0.1) is 5.56 Å². The van der Waals surface area contributed by atoms with Gasteiger partial charge in [0.1, 0.15) is 5.25 Å². The number of hydrogen-bond acceptors (Lipinski definition) is 4. The summed E-state index contributed by atoms with van der Waals surface area (Å²) in [5.41, 5.74) is 4.92. The van der Waals surface area contributed by atoms with E-state index in [1.165, 1.54) is 12.1 Å². The summed E-state index contributed by atoms with van der Waals surface area (Å²) >= 11 is 0.998. The van der Waals surface area contributed by atoms with Crippen LogP contribution in [-0.4, -0.2) is 22.2 Å². The Labute approximate surface area is 128 Å². The van der Waals surface area contributed by atoms with Gasteiger partial charge in [-0.3, -0.25) is 9.59 Å². The van der Waals surface area contributed by atoms with Crippen molar-refractivity contribution in [1.82, 2.24) is 5.32 Å². The molecular weight excluding hydrogens is 319 g/mol. The van der Waals surface area contributed by atoms with E-state index in [-0.39, 0.29) is 18.1 Å². The number of nitrogens with two attached hydrogens (primary N) is 1. The number of benzene rings is 1. The number of nitrogens with one attached hydrogen (secondary N) is 1. The number of thioether (sulfide) groups is 1. The Balaban J connectivity index is 1.88. The molecule has 0 bridgehead atoms. The first kappa shape index (κ1) is 16.3. The number of aliphatic imine (C=N–C) groups is 1. The van der Waals surface area contributed by atoms with Gasteiger partial charge in [-0.25, -0.2) is 0 Å². The van der Waals surface area contributed by atoms with E-state index in [2.05, 4.69) is 10.3 Å². The van der Waals surface area contributed by atoms with Crippen LogP contribution in [0.2, 0.25) is 0 Å². The summed E-state index contributed by atoms with van der Waals surface area (Å²) in [6.07, 6.45) is -4.55. The molecule has 0 aliphatic carbocycles. The van der Waals surface area contributed by atoms with Crippen LogP contribution in [0.1, 0.15) is 17.5 Å². The molecule has 9 heteroatoms. The standard InChI is InChI=1S/C13H12F3N3O2S/c14-13(15,16)8-3-1-2-7(4-8)6-18-10(20)5-9-11(21)19-12(17)22-9/h1-4,9H,5-6H2,(H,18,20)(H2,17,19,21). The Morgan fingerprint density at radius 3 is 2.73 bits per heavy atom. The summed E-state index contributed by atoms with van der Waals surface area (Å²) < 4.78 is 37.7. The molecule has 3 N–H and O–H groups in total. The summed E-state index contributed by atoms with van der Waals surface area (Å²) in [5, 5.41) is 1.92. The van der Waals surface area contributed by atoms with Gasteiger partial charge in [0.2, 0.25) is 5.91 Å². The van der Waals surface area contributed by atoms with E-state index in [4.69, 9.17) is 5.73 Å². The highest BCUT2D eigenvalue weighted by Crippen LogP contribution is 2.29. The Kier molecular flexibility index (Phi) is 4.74. The molecular formula is C13H12F3N3O2S. The number of amides is 2. The van der Waals surface area contributed by atoms with Crippen LogP contribution in [0.4, 0.5) is 13.2 Å². The predicted octanol–water partition coefficient (Wildman–Crippen LogP) is 1.67. The van der Waals surface area contributed by atoms with Crippen LogP contribution in [0.5, 0.6) is 0 Å². The van der Waals surface area contributed by atoms with Crippen molar-refractivity contribution in [3.63, 3.8) is 0 Å².